The maximum Gasteiger partial charge on any atom is 0.416 e. The van der Waals surface area contributed by atoms with Crippen molar-refractivity contribution in [1.82, 2.24) is 0 Å². The molecule has 0 amide bonds. The number of rotatable bonds is 4. The molecule has 3 N–H and O–H groups in total. The van der Waals surface area contributed by atoms with Gasteiger partial charge in [0, 0.05) is 0 Å². The zero-order valence-electron chi connectivity index (χ0n) is 10.1. The fraction of sp³-hybridized carbons (Fsp3) is 0.500. The SMILES string of the molecule is CC(C)Oc1ccc([C@H](N)[C@H](O)C(F)(F)F)cc1. The average molecular weight is 263 g/mol. The van der Waals surface area contributed by atoms with Crippen molar-refractivity contribution < 1.29 is 23.0 Å². The molecule has 0 bridgehead atoms. The molecule has 0 saturated heterocycles. The minimum absolute atomic E-state index is 0.0229. The van der Waals surface area contributed by atoms with Crippen molar-refractivity contribution in [3.05, 3.63) is 29.8 Å². The van der Waals surface area contributed by atoms with Crippen LogP contribution >= 0.6 is 0 Å². The number of nitrogens with two attached hydrogens (primary N) is 1. The van der Waals surface area contributed by atoms with Gasteiger partial charge in [-0.05, 0) is 31.5 Å². The summed E-state index contributed by atoms with van der Waals surface area (Å²) in [5.41, 5.74) is 5.57. The van der Waals surface area contributed by atoms with E-state index in [-0.39, 0.29) is 11.7 Å². The fourth-order valence-electron chi connectivity index (χ4n) is 1.43. The lowest BCUT2D eigenvalue weighted by molar-refractivity contribution is -0.210. The van der Waals surface area contributed by atoms with E-state index in [1.54, 1.807) is 0 Å². The number of aliphatic hydroxyl groups is 1. The monoisotopic (exact) mass is 263 g/mol. The van der Waals surface area contributed by atoms with Gasteiger partial charge in [0.2, 0.25) is 0 Å². The quantitative estimate of drug-likeness (QED) is 0.877. The van der Waals surface area contributed by atoms with Crippen LogP contribution in [0.15, 0.2) is 24.3 Å². The van der Waals surface area contributed by atoms with Gasteiger partial charge in [-0.2, -0.15) is 13.2 Å². The number of hydrogen-bond acceptors (Lipinski definition) is 3. The zero-order chi connectivity index (χ0) is 13.9. The number of halogens is 3. The second-order valence-electron chi connectivity index (χ2n) is 4.25. The molecule has 6 heteroatoms. The van der Waals surface area contributed by atoms with Crippen LogP contribution in [0.1, 0.15) is 25.5 Å². The number of ether oxygens (including phenoxy) is 1. The van der Waals surface area contributed by atoms with Crippen molar-refractivity contribution in [2.75, 3.05) is 0 Å². The highest BCUT2D eigenvalue weighted by Crippen LogP contribution is 2.29. The number of aliphatic hydroxyl groups excluding tert-OH is 1. The second-order valence-corrected chi connectivity index (χ2v) is 4.25. The van der Waals surface area contributed by atoms with Gasteiger partial charge < -0.3 is 15.6 Å². The van der Waals surface area contributed by atoms with Crippen LogP contribution in [0.3, 0.4) is 0 Å². The van der Waals surface area contributed by atoms with Gasteiger partial charge in [0.15, 0.2) is 6.10 Å². The van der Waals surface area contributed by atoms with E-state index in [1.165, 1.54) is 24.3 Å². The molecule has 2 atom stereocenters. The smallest absolute Gasteiger partial charge is 0.416 e. The first-order valence-electron chi connectivity index (χ1n) is 5.49. The van der Waals surface area contributed by atoms with E-state index in [0.29, 0.717) is 5.75 Å². The lowest BCUT2D eigenvalue weighted by atomic mass is 10.0. The van der Waals surface area contributed by atoms with Gasteiger partial charge in [-0.25, -0.2) is 0 Å². The topological polar surface area (TPSA) is 55.5 Å². The summed E-state index contributed by atoms with van der Waals surface area (Å²) < 4.78 is 42.2. The molecule has 3 nitrogen and oxygen atoms in total. The van der Waals surface area contributed by atoms with E-state index in [9.17, 15) is 13.2 Å². The molecular formula is C12H16F3NO2. The molecule has 0 aliphatic carbocycles. The van der Waals surface area contributed by atoms with E-state index in [0.717, 1.165) is 0 Å². The summed E-state index contributed by atoms with van der Waals surface area (Å²) in [7, 11) is 0. The lowest BCUT2D eigenvalue weighted by Gasteiger charge is -2.21. The molecule has 18 heavy (non-hydrogen) atoms. The first-order chi connectivity index (χ1) is 8.21. The Bertz CT molecular complexity index is 376. The van der Waals surface area contributed by atoms with Gasteiger partial charge in [-0.3, -0.25) is 0 Å². The molecule has 1 aromatic carbocycles. The molecule has 0 fully saturated rings. The Morgan fingerprint density at radius 3 is 2.06 bits per heavy atom. The van der Waals surface area contributed by atoms with Crippen LogP contribution in [-0.4, -0.2) is 23.5 Å². The highest BCUT2D eigenvalue weighted by Gasteiger charge is 2.42. The highest BCUT2D eigenvalue weighted by molar-refractivity contribution is 5.29. The predicted molar refractivity (Wildman–Crippen MR) is 61.2 cm³/mol. The standard InChI is InChI=1S/C12H16F3NO2/c1-7(2)18-9-5-3-8(4-6-9)10(16)11(17)12(13,14)15/h3-7,10-11,17H,16H2,1-2H3/t10-,11-/m0/s1. The normalized spacial score (nSPS) is 15.6. The molecule has 102 valence electrons. The lowest BCUT2D eigenvalue weighted by Crippen LogP contribution is -2.38. The first-order valence-corrected chi connectivity index (χ1v) is 5.49. The van der Waals surface area contributed by atoms with Crippen molar-refractivity contribution in [3.8, 4) is 5.75 Å². The number of alkyl halides is 3. The highest BCUT2D eigenvalue weighted by atomic mass is 19.4. The fourth-order valence-corrected chi connectivity index (χ4v) is 1.43. The van der Waals surface area contributed by atoms with Gasteiger partial charge in [0.25, 0.3) is 0 Å². The maximum atomic E-state index is 12.3. The molecule has 1 rings (SSSR count). The van der Waals surface area contributed by atoms with Crippen molar-refractivity contribution in [2.24, 2.45) is 5.73 Å². The van der Waals surface area contributed by atoms with Crippen LogP contribution in [0.2, 0.25) is 0 Å². The summed E-state index contributed by atoms with van der Waals surface area (Å²) >= 11 is 0. The molecule has 0 unspecified atom stereocenters. The Hall–Kier alpha value is -1.27. The van der Waals surface area contributed by atoms with E-state index < -0.39 is 18.3 Å². The van der Waals surface area contributed by atoms with Crippen molar-refractivity contribution in [3.63, 3.8) is 0 Å². The van der Waals surface area contributed by atoms with Crippen LogP contribution in [0.25, 0.3) is 0 Å². The van der Waals surface area contributed by atoms with Crippen LogP contribution in [0.4, 0.5) is 13.2 Å². The van der Waals surface area contributed by atoms with Gasteiger partial charge >= 0.3 is 6.18 Å². The summed E-state index contributed by atoms with van der Waals surface area (Å²) in [5, 5.41) is 9.04. The zero-order valence-corrected chi connectivity index (χ0v) is 10.1. The summed E-state index contributed by atoms with van der Waals surface area (Å²) in [5.74, 6) is 0.544. The molecule has 0 saturated carbocycles. The molecule has 0 aliphatic heterocycles. The Morgan fingerprint density at radius 2 is 1.67 bits per heavy atom. The maximum absolute atomic E-state index is 12.3. The predicted octanol–water partition coefficient (Wildman–Crippen LogP) is 2.40. The van der Waals surface area contributed by atoms with Gasteiger partial charge in [-0.1, -0.05) is 12.1 Å². The van der Waals surface area contributed by atoms with Crippen molar-refractivity contribution >= 4 is 0 Å². The van der Waals surface area contributed by atoms with Crippen LogP contribution in [0.5, 0.6) is 5.75 Å². The van der Waals surface area contributed by atoms with E-state index in [4.69, 9.17) is 15.6 Å². The Labute approximate surface area is 103 Å². The van der Waals surface area contributed by atoms with Crippen LogP contribution in [0, 0.1) is 0 Å². The minimum atomic E-state index is -4.73. The van der Waals surface area contributed by atoms with Crippen LogP contribution in [-0.2, 0) is 0 Å². The molecular weight excluding hydrogens is 247 g/mol. The first kappa shape index (κ1) is 14.8. The van der Waals surface area contributed by atoms with Gasteiger partial charge in [-0.15, -0.1) is 0 Å². The summed E-state index contributed by atoms with van der Waals surface area (Å²) in [6.07, 6.45) is -7.33. The van der Waals surface area contributed by atoms with Crippen molar-refractivity contribution in [1.29, 1.82) is 0 Å². The third-order valence-corrected chi connectivity index (χ3v) is 2.31. The largest absolute Gasteiger partial charge is 0.491 e. The summed E-state index contributed by atoms with van der Waals surface area (Å²) in [6, 6.07) is 4.38. The summed E-state index contributed by atoms with van der Waals surface area (Å²) in [4.78, 5) is 0. The van der Waals surface area contributed by atoms with Crippen LogP contribution < -0.4 is 10.5 Å². The molecule has 0 spiro atoms. The molecule has 0 aromatic heterocycles. The molecule has 1 aromatic rings. The van der Waals surface area contributed by atoms with Gasteiger partial charge in [0.05, 0.1) is 12.1 Å². The molecule has 0 heterocycles. The second kappa shape index (κ2) is 5.58. The van der Waals surface area contributed by atoms with E-state index >= 15 is 0 Å². The Kier molecular flexibility index (Phi) is 4.59. The summed E-state index contributed by atoms with van der Waals surface area (Å²) in [6.45, 7) is 3.68. The Morgan fingerprint density at radius 1 is 1.17 bits per heavy atom. The van der Waals surface area contributed by atoms with E-state index in [2.05, 4.69) is 0 Å². The number of hydrogen-bond donors (Lipinski definition) is 2. The van der Waals surface area contributed by atoms with Crippen molar-refractivity contribution in [2.45, 2.75) is 38.3 Å². The van der Waals surface area contributed by atoms with E-state index in [1.807, 2.05) is 13.8 Å². The minimum Gasteiger partial charge on any atom is -0.491 e. The molecule has 0 aliphatic rings. The third-order valence-electron chi connectivity index (χ3n) is 2.31. The number of benzene rings is 1. The Balaban J connectivity index is 2.79. The molecule has 0 radical (unpaired) electrons. The van der Waals surface area contributed by atoms with Gasteiger partial charge in [0.1, 0.15) is 5.75 Å². The third kappa shape index (κ3) is 3.89. The average Bonchev–Trinajstić information content (AvgIpc) is 2.26.